The molecule has 0 radical (unpaired) electrons. The monoisotopic (exact) mass is 346 g/mol. The van der Waals surface area contributed by atoms with E-state index in [1.165, 1.54) is 0 Å². The highest BCUT2D eigenvalue weighted by Gasteiger charge is 2.30. The van der Waals surface area contributed by atoms with E-state index in [1.54, 1.807) is 10.7 Å². The maximum absolute atomic E-state index is 13.9. The second-order valence-corrected chi connectivity index (χ2v) is 6.46. The Bertz CT molecular complexity index is 822. The van der Waals surface area contributed by atoms with Gasteiger partial charge in [-0.05, 0) is 37.6 Å². The number of carbonyl (C=O) groups is 2. The predicted octanol–water partition coefficient (Wildman–Crippen LogP) is 0.521. The average molecular weight is 346 g/mol. The molecule has 1 aromatic heterocycles. The normalized spacial score (nSPS) is 27.3. The maximum Gasteiger partial charge on any atom is 0.251 e. The third-order valence-corrected chi connectivity index (χ3v) is 4.74. The number of anilines is 1. The van der Waals surface area contributed by atoms with Gasteiger partial charge in [0.2, 0.25) is 5.91 Å². The topological polar surface area (TPSA) is 101 Å². The standard InChI is InChI=1S/C16H19FN6O2/c17-10-8-18-6-5-11(10)19-9-1-2-13-12(7-9)21-22-23(13)14-3-4-15(24)20-16(14)25/h1-2,7,10-11,14,18-19H,3-6,8H2,(H,20,24,25)/t10-,11-,14?/m0/s1. The molecule has 132 valence electrons. The number of halogens is 1. The van der Waals surface area contributed by atoms with Gasteiger partial charge < -0.3 is 10.6 Å². The first kappa shape index (κ1) is 15.9. The average Bonchev–Trinajstić information content (AvgIpc) is 3.00. The summed E-state index contributed by atoms with van der Waals surface area (Å²) in [6.07, 6.45) is 0.457. The summed E-state index contributed by atoms with van der Waals surface area (Å²) in [7, 11) is 0. The number of fused-ring (bicyclic) bond motifs is 1. The number of piperidine rings is 2. The Morgan fingerprint density at radius 3 is 2.96 bits per heavy atom. The van der Waals surface area contributed by atoms with Gasteiger partial charge in [0.15, 0.2) is 0 Å². The molecule has 3 atom stereocenters. The van der Waals surface area contributed by atoms with E-state index in [0.29, 0.717) is 30.4 Å². The number of imide groups is 1. The molecular formula is C16H19FN6O2. The fourth-order valence-electron chi connectivity index (χ4n) is 3.37. The van der Waals surface area contributed by atoms with Gasteiger partial charge in [-0.25, -0.2) is 9.07 Å². The molecule has 0 spiro atoms. The molecule has 2 amide bonds. The molecule has 25 heavy (non-hydrogen) atoms. The highest BCUT2D eigenvalue weighted by Crippen LogP contribution is 2.25. The van der Waals surface area contributed by atoms with Gasteiger partial charge >= 0.3 is 0 Å². The van der Waals surface area contributed by atoms with Crippen molar-refractivity contribution in [2.24, 2.45) is 0 Å². The Labute approximate surface area is 143 Å². The van der Waals surface area contributed by atoms with E-state index in [0.717, 1.165) is 12.2 Å². The zero-order chi connectivity index (χ0) is 17.4. The molecule has 8 nitrogen and oxygen atoms in total. The summed E-state index contributed by atoms with van der Waals surface area (Å²) < 4.78 is 15.5. The number of amides is 2. The first-order valence-corrected chi connectivity index (χ1v) is 8.42. The van der Waals surface area contributed by atoms with E-state index in [-0.39, 0.29) is 24.3 Å². The summed E-state index contributed by atoms with van der Waals surface area (Å²) in [5, 5.41) is 16.8. The number of benzene rings is 1. The number of aromatic nitrogens is 3. The van der Waals surface area contributed by atoms with Gasteiger partial charge in [-0.1, -0.05) is 5.21 Å². The van der Waals surface area contributed by atoms with Crippen molar-refractivity contribution in [3.05, 3.63) is 18.2 Å². The van der Waals surface area contributed by atoms with Crippen LogP contribution in [0.3, 0.4) is 0 Å². The third-order valence-electron chi connectivity index (χ3n) is 4.74. The van der Waals surface area contributed by atoms with E-state index in [2.05, 4.69) is 26.3 Å². The van der Waals surface area contributed by atoms with Crippen LogP contribution in [0.1, 0.15) is 25.3 Å². The van der Waals surface area contributed by atoms with Crippen LogP contribution in [0.15, 0.2) is 18.2 Å². The second-order valence-electron chi connectivity index (χ2n) is 6.46. The van der Waals surface area contributed by atoms with Gasteiger partial charge in [0.05, 0.1) is 11.6 Å². The first-order chi connectivity index (χ1) is 12.1. The van der Waals surface area contributed by atoms with Crippen LogP contribution in [-0.4, -0.2) is 52.1 Å². The van der Waals surface area contributed by atoms with E-state index in [9.17, 15) is 14.0 Å². The molecule has 2 fully saturated rings. The van der Waals surface area contributed by atoms with Crippen LogP contribution in [0.25, 0.3) is 11.0 Å². The molecular weight excluding hydrogens is 327 g/mol. The van der Waals surface area contributed by atoms with Crippen LogP contribution in [0.2, 0.25) is 0 Å². The molecule has 3 heterocycles. The number of nitrogens with zero attached hydrogens (tertiary/aromatic N) is 3. The van der Waals surface area contributed by atoms with E-state index < -0.39 is 12.2 Å². The number of nitrogens with one attached hydrogen (secondary N) is 3. The molecule has 3 N–H and O–H groups in total. The number of rotatable bonds is 3. The molecule has 1 unspecified atom stereocenters. The smallest absolute Gasteiger partial charge is 0.251 e. The predicted molar refractivity (Wildman–Crippen MR) is 88.7 cm³/mol. The number of hydrogen-bond donors (Lipinski definition) is 3. The maximum atomic E-state index is 13.9. The third kappa shape index (κ3) is 3.07. The van der Waals surface area contributed by atoms with Gasteiger partial charge in [0.1, 0.15) is 17.7 Å². The minimum absolute atomic E-state index is 0.233. The minimum Gasteiger partial charge on any atom is -0.379 e. The molecule has 4 rings (SSSR count). The van der Waals surface area contributed by atoms with Crippen LogP contribution >= 0.6 is 0 Å². The highest BCUT2D eigenvalue weighted by molar-refractivity contribution is 6.00. The van der Waals surface area contributed by atoms with Crippen LogP contribution in [0.5, 0.6) is 0 Å². The Morgan fingerprint density at radius 2 is 2.16 bits per heavy atom. The Hall–Kier alpha value is -2.55. The summed E-state index contributed by atoms with van der Waals surface area (Å²) in [5.74, 6) is -0.625. The number of alkyl halides is 1. The number of hydrogen-bond acceptors (Lipinski definition) is 6. The molecule has 2 aliphatic heterocycles. The van der Waals surface area contributed by atoms with Crippen LogP contribution in [0.4, 0.5) is 10.1 Å². The van der Waals surface area contributed by atoms with Crippen molar-refractivity contribution in [3.63, 3.8) is 0 Å². The van der Waals surface area contributed by atoms with Gasteiger partial charge in [0.25, 0.3) is 5.91 Å². The summed E-state index contributed by atoms with van der Waals surface area (Å²) in [5.41, 5.74) is 2.11. The molecule has 1 aromatic carbocycles. The van der Waals surface area contributed by atoms with Gasteiger partial charge in [-0.3, -0.25) is 14.9 Å². The zero-order valence-corrected chi connectivity index (χ0v) is 13.5. The van der Waals surface area contributed by atoms with Gasteiger partial charge in [-0.15, -0.1) is 5.10 Å². The summed E-state index contributed by atoms with van der Waals surface area (Å²) in [4.78, 5) is 23.3. The Balaban J connectivity index is 1.56. The van der Waals surface area contributed by atoms with E-state index >= 15 is 0 Å². The lowest BCUT2D eigenvalue weighted by Crippen LogP contribution is -2.45. The fourth-order valence-corrected chi connectivity index (χ4v) is 3.37. The Morgan fingerprint density at radius 1 is 1.28 bits per heavy atom. The SMILES string of the molecule is O=C1CCC(n2nnc3cc(N[C@H]4CCNC[C@@H]4F)ccc32)C(=O)N1. The van der Waals surface area contributed by atoms with Crippen molar-refractivity contribution >= 4 is 28.5 Å². The highest BCUT2D eigenvalue weighted by atomic mass is 19.1. The molecule has 0 saturated carbocycles. The van der Waals surface area contributed by atoms with Crippen LogP contribution in [0, 0.1) is 0 Å². The lowest BCUT2D eigenvalue weighted by atomic mass is 10.0. The van der Waals surface area contributed by atoms with E-state index in [4.69, 9.17) is 0 Å². The zero-order valence-electron chi connectivity index (χ0n) is 13.5. The van der Waals surface area contributed by atoms with Crippen LogP contribution in [-0.2, 0) is 9.59 Å². The van der Waals surface area contributed by atoms with E-state index in [1.807, 2.05) is 12.1 Å². The Kier molecular flexibility index (Phi) is 4.08. The molecule has 0 bridgehead atoms. The van der Waals surface area contributed by atoms with Crippen molar-refractivity contribution in [1.29, 1.82) is 0 Å². The van der Waals surface area contributed by atoms with Gasteiger partial charge in [-0.2, -0.15) is 0 Å². The van der Waals surface area contributed by atoms with Crippen molar-refractivity contribution in [2.45, 2.75) is 37.5 Å². The van der Waals surface area contributed by atoms with Crippen molar-refractivity contribution in [1.82, 2.24) is 25.6 Å². The lowest BCUT2D eigenvalue weighted by Gasteiger charge is -2.28. The molecule has 2 aromatic rings. The van der Waals surface area contributed by atoms with Crippen molar-refractivity contribution < 1.29 is 14.0 Å². The largest absolute Gasteiger partial charge is 0.379 e. The second kappa shape index (κ2) is 6.40. The minimum atomic E-state index is -0.941. The van der Waals surface area contributed by atoms with Gasteiger partial charge in [0, 0.05) is 18.7 Å². The van der Waals surface area contributed by atoms with Crippen molar-refractivity contribution in [3.8, 4) is 0 Å². The number of carbonyl (C=O) groups excluding carboxylic acids is 2. The molecule has 9 heteroatoms. The molecule has 0 aliphatic carbocycles. The van der Waals surface area contributed by atoms with Crippen LogP contribution < -0.4 is 16.0 Å². The summed E-state index contributed by atoms with van der Waals surface area (Å²) in [6.45, 7) is 1.14. The quantitative estimate of drug-likeness (QED) is 0.701. The molecule has 2 aliphatic rings. The van der Waals surface area contributed by atoms with Crippen molar-refractivity contribution in [2.75, 3.05) is 18.4 Å². The summed E-state index contributed by atoms with van der Waals surface area (Å²) in [6, 6.07) is 4.68. The lowest BCUT2D eigenvalue weighted by molar-refractivity contribution is -0.135. The summed E-state index contributed by atoms with van der Waals surface area (Å²) >= 11 is 0. The fraction of sp³-hybridized carbons (Fsp3) is 0.500. The first-order valence-electron chi connectivity index (χ1n) is 8.42. The molecule has 2 saturated heterocycles.